The molecule has 1 aromatic rings. The summed E-state index contributed by atoms with van der Waals surface area (Å²) in [7, 11) is 1.41. The third kappa shape index (κ3) is 3.06. The molecular formula is C16H24N2O2. The first-order valence-electron chi connectivity index (χ1n) is 7.41. The maximum absolute atomic E-state index is 12.0. The van der Waals surface area contributed by atoms with Crippen molar-refractivity contribution in [1.82, 2.24) is 0 Å². The Kier molecular flexibility index (Phi) is 4.88. The summed E-state index contributed by atoms with van der Waals surface area (Å²) in [4.78, 5) is 14.3. The number of anilines is 2. The summed E-state index contributed by atoms with van der Waals surface area (Å²) in [6.07, 6.45) is 5.95. The molecule has 4 heteroatoms. The highest BCUT2D eigenvalue weighted by atomic mass is 16.5. The average Bonchev–Trinajstić information content (AvgIpc) is 2.47. The number of rotatable bonds is 4. The van der Waals surface area contributed by atoms with Crippen molar-refractivity contribution in [3.05, 3.63) is 23.8 Å². The van der Waals surface area contributed by atoms with Gasteiger partial charge in [0.2, 0.25) is 0 Å². The number of hydrogen-bond donors (Lipinski definition) is 1. The van der Waals surface area contributed by atoms with E-state index in [0.29, 0.717) is 17.3 Å². The van der Waals surface area contributed by atoms with Gasteiger partial charge in [0.1, 0.15) is 0 Å². The summed E-state index contributed by atoms with van der Waals surface area (Å²) in [5.74, 6) is -0.312. The lowest BCUT2D eigenvalue weighted by Gasteiger charge is -2.38. The van der Waals surface area contributed by atoms with E-state index in [9.17, 15) is 4.79 Å². The SMILES string of the molecule is CCCC1CCCCN1c1ccc(N)cc1C(=O)OC. The van der Waals surface area contributed by atoms with Gasteiger partial charge in [-0.3, -0.25) is 0 Å². The predicted molar refractivity (Wildman–Crippen MR) is 82.1 cm³/mol. The fourth-order valence-corrected chi connectivity index (χ4v) is 3.03. The van der Waals surface area contributed by atoms with E-state index in [0.717, 1.165) is 25.1 Å². The molecule has 1 heterocycles. The van der Waals surface area contributed by atoms with Crippen molar-refractivity contribution >= 4 is 17.3 Å². The second-order valence-electron chi connectivity index (χ2n) is 5.40. The van der Waals surface area contributed by atoms with E-state index in [1.807, 2.05) is 12.1 Å². The lowest BCUT2D eigenvalue weighted by molar-refractivity contribution is 0.0601. The predicted octanol–water partition coefficient (Wildman–Crippen LogP) is 3.21. The molecule has 2 N–H and O–H groups in total. The Bertz CT molecular complexity index is 472. The summed E-state index contributed by atoms with van der Waals surface area (Å²) in [5.41, 5.74) is 7.95. The first kappa shape index (κ1) is 14.7. The van der Waals surface area contributed by atoms with Crippen LogP contribution in [0.5, 0.6) is 0 Å². The number of carbonyl (C=O) groups is 1. The zero-order valence-electron chi connectivity index (χ0n) is 12.4. The molecule has 1 atom stereocenters. The van der Waals surface area contributed by atoms with Gasteiger partial charge in [0.05, 0.1) is 18.4 Å². The second-order valence-corrected chi connectivity index (χ2v) is 5.40. The van der Waals surface area contributed by atoms with E-state index in [1.165, 1.54) is 26.4 Å². The number of piperidine rings is 1. The van der Waals surface area contributed by atoms with E-state index in [4.69, 9.17) is 10.5 Å². The number of benzene rings is 1. The van der Waals surface area contributed by atoms with Gasteiger partial charge in [-0.2, -0.15) is 0 Å². The van der Waals surface area contributed by atoms with Gasteiger partial charge in [-0.1, -0.05) is 13.3 Å². The van der Waals surface area contributed by atoms with Gasteiger partial charge in [-0.05, 0) is 43.9 Å². The highest BCUT2D eigenvalue weighted by Gasteiger charge is 2.25. The number of nitrogens with zero attached hydrogens (tertiary/aromatic N) is 1. The molecular weight excluding hydrogens is 252 g/mol. The quantitative estimate of drug-likeness (QED) is 0.677. The monoisotopic (exact) mass is 276 g/mol. The number of hydrogen-bond acceptors (Lipinski definition) is 4. The third-order valence-corrected chi connectivity index (χ3v) is 3.98. The minimum atomic E-state index is -0.312. The van der Waals surface area contributed by atoms with Crippen LogP contribution in [0, 0.1) is 0 Å². The third-order valence-electron chi connectivity index (χ3n) is 3.98. The lowest BCUT2D eigenvalue weighted by Crippen LogP contribution is -2.40. The molecule has 0 aromatic heterocycles. The summed E-state index contributed by atoms with van der Waals surface area (Å²) in [6, 6.07) is 6.05. The van der Waals surface area contributed by atoms with Gasteiger partial charge in [-0.15, -0.1) is 0 Å². The molecule has 0 bridgehead atoms. The van der Waals surface area contributed by atoms with Crippen LogP contribution >= 0.6 is 0 Å². The van der Waals surface area contributed by atoms with Gasteiger partial charge in [0.25, 0.3) is 0 Å². The van der Waals surface area contributed by atoms with Gasteiger partial charge in [-0.25, -0.2) is 4.79 Å². The first-order valence-corrected chi connectivity index (χ1v) is 7.41. The van der Waals surface area contributed by atoms with Crippen LogP contribution in [-0.4, -0.2) is 25.7 Å². The van der Waals surface area contributed by atoms with Gasteiger partial charge < -0.3 is 15.4 Å². The number of methoxy groups -OCH3 is 1. The topological polar surface area (TPSA) is 55.6 Å². The first-order chi connectivity index (χ1) is 9.67. The minimum Gasteiger partial charge on any atom is -0.465 e. The molecule has 0 spiro atoms. The molecule has 1 aromatic carbocycles. The molecule has 0 radical (unpaired) electrons. The van der Waals surface area contributed by atoms with Crippen LogP contribution < -0.4 is 10.6 Å². The smallest absolute Gasteiger partial charge is 0.340 e. The minimum absolute atomic E-state index is 0.312. The number of carbonyl (C=O) groups excluding carboxylic acids is 1. The van der Waals surface area contributed by atoms with Gasteiger partial charge in [0, 0.05) is 18.3 Å². The molecule has 4 nitrogen and oxygen atoms in total. The fourth-order valence-electron chi connectivity index (χ4n) is 3.03. The van der Waals surface area contributed by atoms with Crippen molar-refractivity contribution in [2.24, 2.45) is 0 Å². The van der Waals surface area contributed by atoms with Crippen molar-refractivity contribution in [3.8, 4) is 0 Å². The molecule has 1 aliphatic heterocycles. The highest BCUT2D eigenvalue weighted by molar-refractivity contribution is 5.97. The van der Waals surface area contributed by atoms with Crippen LogP contribution in [-0.2, 0) is 4.74 Å². The summed E-state index contributed by atoms with van der Waals surface area (Å²) < 4.78 is 4.90. The summed E-state index contributed by atoms with van der Waals surface area (Å²) >= 11 is 0. The lowest BCUT2D eigenvalue weighted by atomic mass is 9.96. The number of esters is 1. The van der Waals surface area contributed by atoms with E-state index in [-0.39, 0.29) is 5.97 Å². The standard InChI is InChI=1S/C16H24N2O2/c1-3-6-13-7-4-5-10-18(13)15-9-8-12(17)11-14(15)16(19)20-2/h8-9,11,13H,3-7,10,17H2,1-2H3. The Morgan fingerprint density at radius 2 is 2.25 bits per heavy atom. The molecule has 0 amide bonds. The Morgan fingerprint density at radius 1 is 1.45 bits per heavy atom. The van der Waals surface area contributed by atoms with Crippen LogP contribution in [0.4, 0.5) is 11.4 Å². The normalized spacial score (nSPS) is 18.9. The fraction of sp³-hybridized carbons (Fsp3) is 0.562. The summed E-state index contributed by atoms with van der Waals surface area (Å²) in [5, 5.41) is 0. The van der Waals surface area contributed by atoms with Crippen LogP contribution in [0.3, 0.4) is 0 Å². The Balaban J connectivity index is 2.36. The average molecular weight is 276 g/mol. The molecule has 0 saturated carbocycles. The zero-order valence-corrected chi connectivity index (χ0v) is 12.4. The molecule has 2 rings (SSSR count). The van der Waals surface area contributed by atoms with Crippen molar-refractivity contribution in [1.29, 1.82) is 0 Å². The Morgan fingerprint density at radius 3 is 2.95 bits per heavy atom. The maximum atomic E-state index is 12.0. The molecule has 20 heavy (non-hydrogen) atoms. The molecule has 1 saturated heterocycles. The van der Waals surface area contributed by atoms with E-state index >= 15 is 0 Å². The molecule has 1 aliphatic rings. The van der Waals surface area contributed by atoms with Crippen LogP contribution in [0.2, 0.25) is 0 Å². The molecule has 1 fully saturated rings. The van der Waals surface area contributed by atoms with E-state index in [1.54, 1.807) is 6.07 Å². The van der Waals surface area contributed by atoms with Crippen molar-refractivity contribution in [3.63, 3.8) is 0 Å². The van der Waals surface area contributed by atoms with Crippen molar-refractivity contribution in [2.75, 3.05) is 24.3 Å². The highest BCUT2D eigenvalue weighted by Crippen LogP contribution is 2.31. The number of ether oxygens (including phenoxy) is 1. The van der Waals surface area contributed by atoms with E-state index in [2.05, 4.69) is 11.8 Å². The Hall–Kier alpha value is -1.71. The van der Waals surface area contributed by atoms with Crippen LogP contribution in [0.15, 0.2) is 18.2 Å². The van der Waals surface area contributed by atoms with E-state index < -0.39 is 0 Å². The Labute approximate surface area is 120 Å². The van der Waals surface area contributed by atoms with Crippen molar-refractivity contribution < 1.29 is 9.53 Å². The van der Waals surface area contributed by atoms with Crippen LogP contribution in [0.1, 0.15) is 49.4 Å². The largest absolute Gasteiger partial charge is 0.465 e. The maximum Gasteiger partial charge on any atom is 0.340 e. The van der Waals surface area contributed by atoms with Crippen LogP contribution in [0.25, 0.3) is 0 Å². The number of nitrogen functional groups attached to an aromatic ring is 1. The molecule has 1 unspecified atom stereocenters. The molecule has 110 valence electrons. The van der Waals surface area contributed by atoms with Gasteiger partial charge in [0.15, 0.2) is 0 Å². The summed E-state index contributed by atoms with van der Waals surface area (Å²) in [6.45, 7) is 3.20. The van der Waals surface area contributed by atoms with Gasteiger partial charge >= 0.3 is 5.97 Å². The molecule has 0 aliphatic carbocycles. The second kappa shape index (κ2) is 6.64. The van der Waals surface area contributed by atoms with Crippen molar-refractivity contribution in [2.45, 2.75) is 45.1 Å². The number of nitrogens with two attached hydrogens (primary N) is 1. The zero-order chi connectivity index (χ0) is 14.5.